The third kappa shape index (κ3) is 2.00. The first-order valence-corrected chi connectivity index (χ1v) is 6.34. The topological polar surface area (TPSA) is 56.7 Å². The second-order valence-corrected chi connectivity index (χ2v) is 6.07. The molecule has 0 spiro atoms. The quantitative estimate of drug-likeness (QED) is 0.639. The molecule has 1 aromatic rings. The van der Waals surface area contributed by atoms with Crippen LogP contribution in [0.3, 0.4) is 0 Å². The van der Waals surface area contributed by atoms with E-state index in [2.05, 4.69) is 33.5 Å². The first kappa shape index (κ1) is 11.6. The summed E-state index contributed by atoms with van der Waals surface area (Å²) in [6, 6.07) is -0.295. The highest BCUT2D eigenvalue weighted by atomic mass is 127. The van der Waals surface area contributed by atoms with E-state index in [1.165, 1.54) is 21.1 Å². The molecule has 2 amide bonds. The zero-order valence-corrected chi connectivity index (χ0v) is 11.1. The number of hydrogen-bond acceptors (Lipinski definition) is 4. The highest BCUT2D eigenvalue weighted by Gasteiger charge is 2.38. The normalized spacial score (nSPS) is 20.3. The maximum atomic E-state index is 11.9. The molecular weight excluding hydrogens is 341 g/mol. The minimum atomic E-state index is -0.872. The largest absolute Gasteiger partial charge is 0.371 e. The average molecular weight is 349 g/mol. The number of urea groups is 1. The molecule has 1 atom stereocenters. The molecular formula is C9H8IN3O2S. The highest BCUT2D eigenvalue weighted by molar-refractivity contribution is 14.1. The number of amides is 2. The molecule has 84 valence electrons. The number of aliphatic hydroxyl groups is 1. The van der Waals surface area contributed by atoms with Crippen LogP contribution in [0.15, 0.2) is 6.20 Å². The fourth-order valence-corrected chi connectivity index (χ4v) is 2.86. The number of nitrogens with zero attached hydrogens (tertiary/aromatic N) is 3. The number of β-amino-alcohol motifs (C(OH)–C–C–N with tert-alkyl or cyclic N) is 1. The number of terminal acetylenes is 1. The molecule has 1 unspecified atom stereocenters. The van der Waals surface area contributed by atoms with Gasteiger partial charge in [-0.25, -0.2) is 14.7 Å². The monoisotopic (exact) mass is 349 g/mol. The summed E-state index contributed by atoms with van der Waals surface area (Å²) >= 11 is 3.47. The number of carbonyl (C=O) groups is 1. The van der Waals surface area contributed by atoms with Crippen molar-refractivity contribution in [2.75, 3.05) is 18.0 Å². The molecule has 1 saturated heterocycles. The van der Waals surface area contributed by atoms with Gasteiger partial charge in [-0.05, 0) is 22.6 Å². The maximum Gasteiger partial charge on any atom is 0.329 e. The van der Waals surface area contributed by atoms with E-state index in [9.17, 15) is 9.90 Å². The molecule has 0 saturated carbocycles. The van der Waals surface area contributed by atoms with Gasteiger partial charge in [0.25, 0.3) is 0 Å². The molecule has 0 aliphatic carbocycles. The van der Waals surface area contributed by atoms with Gasteiger partial charge in [-0.15, -0.1) is 6.42 Å². The van der Waals surface area contributed by atoms with Crippen LogP contribution in [0.2, 0.25) is 0 Å². The third-order valence-electron chi connectivity index (χ3n) is 2.11. The molecule has 0 bridgehead atoms. The van der Waals surface area contributed by atoms with Crippen LogP contribution >= 0.6 is 33.9 Å². The smallest absolute Gasteiger partial charge is 0.329 e. The summed E-state index contributed by atoms with van der Waals surface area (Å²) in [4.78, 5) is 18.6. The molecule has 0 radical (unpaired) electrons. The van der Waals surface area contributed by atoms with E-state index in [-0.39, 0.29) is 19.1 Å². The predicted molar refractivity (Wildman–Crippen MR) is 69.1 cm³/mol. The van der Waals surface area contributed by atoms with Gasteiger partial charge in [-0.2, -0.15) is 0 Å². The Morgan fingerprint density at radius 3 is 3.12 bits per heavy atom. The van der Waals surface area contributed by atoms with Gasteiger partial charge in [0.05, 0.1) is 22.2 Å². The van der Waals surface area contributed by atoms with Crippen molar-refractivity contribution < 1.29 is 9.90 Å². The van der Waals surface area contributed by atoms with Gasteiger partial charge in [0.1, 0.15) is 0 Å². The molecule has 1 aromatic heterocycles. The first-order valence-electron chi connectivity index (χ1n) is 4.44. The van der Waals surface area contributed by atoms with Gasteiger partial charge >= 0.3 is 6.03 Å². The van der Waals surface area contributed by atoms with E-state index in [0.29, 0.717) is 5.13 Å². The average Bonchev–Trinajstić information content (AvgIpc) is 2.74. The van der Waals surface area contributed by atoms with Crippen LogP contribution in [0.4, 0.5) is 9.93 Å². The molecule has 5 nitrogen and oxygen atoms in total. The Balaban J connectivity index is 2.23. The minimum absolute atomic E-state index is 0.203. The Morgan fingerprint density at radius 1 is 1.81 bits per heavy atom. The second kappa shape index (κ2) is 4.57. The van der Waals surface area contributed by atoms with Gasteiger partial charge in [-0.1, -0.05) is 17.3 Å². The van der Waals surface area contributed by atoms with E-state index >= 15 is 0 Å². The highest BCUT2D eigenvalue weighted by Crippen LogP contribution is 2.28. The molecule has 7 heteroatoms. The lowest BCUT2D eigenvalue weighted by atomic mass is 10.5. The number of carbonyl (C=O) groups excluding carboxylic acids is 1. The van der Waals surface area contributed by atoms with Gasteiger partial charge in [-0.3, -0.25) is 0 Å². The summed E-state index contributed by atoms with van der Waals surface area (Å²) in [5.41, 5.74) is 0. The van der Waals surface area contributed by atoms with E-state index in [0.717, 1.165) is 2.88 Å². The predicted octanol–water partition coefficient (Wildman–Crippen LogP) is 0.941. The number of anilines is 1. The molecule has 0 aromatic carbocycles. The standard InChI is InChI=1S/C9H8IN3O2S/c1-2-3-12-5-7(14)13(9(12)15)8-11-4-6(10)16-8/h1,4,7,14H,3,5H2. The van der Waals surface area contributed by atoms with Crippen molar-refractivity contribution in [1.29, 1.82) is 0 Å². The van der Waals surface area contributed by atoms with Crippen LogP contribution in [0.5, 0.6) is 0 Å². The van der Waals surface area contributed by atoms with E-state index in [4.69, 9.17) is 6.42 Å². The summed E-state index contributed by atoms with van der Waals surface area (Å²) < 4.78 is 0.961. The van der Waals surface area contributed by atoms with Crippen molar-refractivity contribution in [1.82, 2.24) is 9.88 Å². The molecule has 2 heterocycles. The Bertz CT molecular complexity index is 456. The van der Waals surface area contributed by atoms with Gasteiger partial charge < -0.3 is 10.0 Å². The van der Waals surface area contributed by atoms with Crippen molar-refractivity contribution in [3.63, 3.8) is 0 Å². The molecule has 2 rings (SSSR count). The lowest BCUT2D eigenvalue weighted by Crippen LogP contribution is -2.34. The van der Waals surface area contributed by atoms with E-state index < -0.39 is 6.23 Å². The molecule has 1 aliphatic heterocycles. The summed E-state index contributed by atoms with van der Waals surface area (Å²) in [5.74, 6) is 2.39. The molecule has 1 aliphatic rings. The van der Waals surface area contributed by atoms with E-state index in [1.54, 1.807) is 6.20 Å². The molecule has 1 fully saturated rings. The van der Waals surface area contributed by atoms with Gasteiger partial charge in [0, 0.05) is 0 Å². The first-order chi connectivity index (χ1) is 7.63. The SMILES string of the molecule is C#CCN1CC(O)N(c2ncc(I)s2)C1=O. The van der Waals surface area contributed by atoms with Crippen LogP contribution in [-0.4, -0.2) is 40.3 Å². The maximum absolute atomic E-state index is 11.9. The van der Waals surface area contributed by atoms with Crippen LogP contribution in [0, 0.1) is 15.2 Å². The molecule has 1 N–H and O–H groups in total. The van der Waals surface area contributed by atoms with Crippen molar-refractivity contribution in [2.24, 2.45) is 0 Å². The van der Waals surface area contributed by atoms with Gasteiger partial charge in [0.2, 0.25) is 0 Å². The van der Waals surface area contributed by atoms with Crippen molar-refractivity contribution in [2.45, 2.75) is 6.23 Å². The lowest BCUT2D eigenvalue weighted by molar-refractivity contribution is 0.181. The third-order valence-corrected chi connectivity index (χ3v) is 3.84. The number of aliphatic hydroxyl groups excluding tert-OH is 1. The van der Waals surface area contributed by atoms with Crippen molar-refractivity contribution >= 4 is 45.1 Å². The zero-order valence-electron chi connectivity index (χ0n) is 8.13. The zero-order chi connectivity index (χ0) is 11.7. The summed E-state index contributed by atoms with van der Waals surface area (Å²) in [5, 5.41) is 10.3. The number of thiazole rings is 1. The summed E-state index contributed by atoms with van der Waals surface area (Å²) in [7, 11) is 0. The Hall–Kier alpha value is -0.850. The Morgan fingerprint density at radius 2 is 2.56 bits per heavy atom. The van der Waals surface area contributed by atoms with Crippen LogP contribution in [0.25, 0.3) is 0 Å². The van der Waals surface area contributed by atoms with Gasteiger partial charge in [0.15, 0.2) is 11.4 Å². The number of rotatable bonds is 2. The summed E-state index contributed by atoms with van der Waals surface area (Å²) in [6.45, 7) is 0.425. The fraction of sp³-hybridized carbons (Fsp3) is 0.333. The van der Waals surface area contributed by atoms with Crippen LogP contribution in [-0.2, 0) is 0 Å². The Kier molecular flexibility index (Phi) is 3.32. The van der Waals surface area contributed by atoms with Crippen LogP contribution in [0.1, 0.15) is 0 Å². The molecule has 16 heavy (non-hydrogen) atoms. The van der Waals surface area contributed by atoms with Crippen LogP contribution < -0.4 is 4.90 Å². The number of aromatic nitrogens is 1. The number of hydrogen-bond donors (Lipinski definition) is 1. The summed E-state index contributed by atoms with van der Waals surface area (Å²) in [6.07, 6.45) is 5.93. The van der Waals surface area contributed by atoms with Crippen molar-refractivity contribution in [3.8, 4) is 12.3 Å². The van der Waals surface area contributed by atoms with Crippen molar-refractivity contribution in [3.05, 3.63) is 9.08 Å². The number of halogens is 1. The minimum Gasteiger partial charge on any atom is -0.371 e. The lowest BCUT2D eigenvalue weighted by Gasteiger charge is -2.15. The fourth-order valence-electron chi connectivity index (χ4n) is 1.45. The Labute approximate surface area is 110 Å². The van der Waals surface area contributed by atoms with E-state index in [1.807, 2.05) is 0 Å². The second-order valence-electron chi connectivity index (χ2n) is 3.16.